The number of nitrogens with two attached hydrogens (primary N) is 1. The molecule has 0 unspecified atom stereocenters. The molecule has 1 heterocycles. The molecule has 62 heavy (non-hydrogen) atoms. The fraction of sp³-hybridized carbons (Fsp3) is 0.489. The lowest BCUT2D eigenvalue weighted by Crippen LogP contribution is -2.48. The average Bonchev–Trinajstić information content (AvgIpc) is 3.77. The van der Waals surface area contributed by atoms with Gasteiger partial charge in [-0.2, -0.15) is 0 Å². The van der Waals surface area contributed by atoms with Crippen LogP contribution in [0.4, 0.5) is 0 Å². The zero-order valence-corrected chi connectivity index (χ0v) is 36.4. The highest BCUT2D eigenvalue weighted by Gasteiger charge is 2.32. The van der Waals surface area contributed by atoms with Crippen molar-refractivity contribution in [3.8, 4) is 11.1 Å². The third-order valence-electron chi connectivity index (χ3n) is 10.8. The first-order valence-corrected chi connectivity index (χ1v) is 21.1. The second-order valence-electron chi connectivity index (χ2n) is 16.0. The molecule has 17 heteroatoms. The van der Waals surface area contributed by atoms with E-state index in [1.165, 1.54) is 50.7 Å². The van der Waals surface area contributed by atoms with E-state index in [1.54, 1.807) is 12.1 Å². The molecule has 0 saturated carbocycles. The molecule has 0 aliphatic heterocycles. The standard InChI is InChI=1S/C45H61BN6O10/c1-6-7-8-30-9-11-31(12-10-30)32-13-15-33(16-14-32)40(56)22-34(26-53)45(61)50-29(3)38(54)17-18-43(59)52(5)37(23-35-25-48-27-49-35)41(57)21-28(2)44(60)51-36(24-42(47)58)39(55)19-20-46(4)62/h9-16,25,27-29,34,36-37,53,62H,6-8,17-24,26H2,1-5H3,(H2,47,58)(H,48,49)(H,50,61)(H,51,60)/t28-,29-,34-,36+,37+/m1/s1. The Morgan fingerprint density at radius 1 is 0.839 bits per heavy atom. The number of aromatic amines is 1. The van der Waals surface area contributed by atoms with E-state index in [4.69, 9.17) is 5.73 Å². The first-order valence-electron chi connectivity index (χ1n) is 21.1. The number of unbranched alkanes of at least 4 members (excludes halogenated alkanes) is 1. The van der Waals surface area contributed by atoms with Crippen molar-refractivity contribution in [2.24, 2.45) is 17.6 Å². The summed E-state index contributed by atoms with van der Waals surface area (Å²) >= 11 is 0. The number of likely N-dealkylation sites (N-methyl/N-ethyl adjacent to an activating group) is 1. The van der Waals surface area contributed by atoms with Crippen molar-refractivity contribution in [3.63, 3.8) is 0 Å². The smallest absolute Gasteiger partial charge is 0.286 e. The molecule has 0 saturated heterocycles. The fourth-order valence-electron chi connectivity index (χ4n) is 6.77. The number of aliphatic hydroxyl groups excluding tert-OH is 1. The second kappa shape index (κ2) is 25.2. The maximum atomic E-state index is 13.7. The van der Waals surface area contributed by atoms with E-state index in [0.29, 0.717) is 11.3 Å². The predicted octanol–water partition coefficient (Wildman–Crippen LogP) is 3.05. The van der Waals surface area contributed by atoms with E-state index in [-0.39, 0.29) is 50.6 Å². The number of benzene rings is 2. The molecule has 5 atom stereocenters. The number of nitrogens with zero attached hydrogens (tertiary/aromatic N) is 2. The van der Waals surface area contributed by atoms with Crippen LogP contribution in [-0.2, 0) is 46.4 Å². The number of aryl methyl sites for hydroxylation is 1. The largest absolute Gasteiger partial charge is 0.451 e. The number of hydrogen-bond acceptors (Lipinski definition) is 11. The van der Waals surface area contributed by atoms with Gasteiger partial charge < -0.3 is 36.4 Å². The van der Waals surface area contributed by atoms with Crippen LogP contribution in [0.3, 0.4) is 0 Å². The molecule has 0 spiro atoms. The number of carbonyl (C=O) groups is 8. The Morgan fingerprint density at radius 3 is 2.05 bits per heavy atom. The van der Waals surface area contributed by atoms with Crippen LogP contribution in [0.15, 0.2) is 61.1 Å². The van der Waals surface area contributed by atoms with Crippen LogP contribution in [-0.4, -0.2) is 110 Å². The third kappa shape index (κ3) is 16.2. The number of aromatic nitrogens is 2. The van der Waals surface area contributed by atoms with Crippen LogP contribution in [0.2, 0.25) is 13.1 Å². The molecule has 3 rings (SSSR count). The Morgan fingerprint density at radius 2 is 1.48 bits per heavy atom. The van der Waals surface area contributed by atoms with Crippen molar-refractivity contribution in [2.45, 2.75) is 116 Å². The number of ketones is 4. The number of rotatable bonds is 28. The Kier molecular flexibility index (Phi) is 20.6. The van der Waals surface area contributed by atoms with E-state index in [1.807, 2.05) is 24.3 Å². The predicted molar refractivity (Wildman–Crippen MR) is 234 cm³/mol. The maximum Gasteiger partial charge on any atom is 0.286 e. The van der Waals surface area contributed by atoms with Gasteiger partial charge >= 0.3 is 0 Å². The SMILES string of the molecule is CCCCc1ccc(-c2ccc(C(=O)C[C@H](CO)C(=O)N[C@H](C)C(=O)CCC(=O)N(C)[C@@H](Cc3cnc[nH]3)C(=O)C[C@@H](C)C(=O)N[C@@H](CC(N)=O)C(=O)CCB(C)O)cc2)cc1. The van der Waals surface area contributed by atoms with E-state index in [9.17, 15) is 48.5 Å². The van der Waals surface area contributed by atoms with Crippen LogP contribution in [0.5, 0.6) is 0 Å². The van der Waals surface area contributed by atoms with Crippen molar-refractivity contribution in [1.29, 1.82) is 0 Å². The van der Waals surface area contributed by atoms with Gasteiger partial charge in [0.15, 0.2) is 23.1 Å². The quantitative estimate of drug-likeness (QED) is 0.0457. The van der Waals surface area contributed by atoms with Crippen molar-refractivity contribution in [1.82, 2.24) is 25.5 Å². The van der Waals surface area contributed by atoms with Gasteiger partial charge in [-0.25, -0.2) is 4.98 Å². The van der Waals surface area contributed by atoms with Gasteiger partial charge in [0.1, 0.15) is 0 Å². The Balaban J connectivity index is 1.57. The average molecular weight is 857 g/mol. The van der Waals surface area contributed by atoms with Crippen LogP contribution in [0.25, 0.3) is 11.1 Å². The zero-order chi connectivity index (χ0) is 45.9. The fourth-order valence-corrected chi connectivity index (χ4v) is 6.77. The monoisotopic (exact) mass is 856 g/mol. The molecule has 0 bridgehead atoms. The Labute approximate surface area is 363 Å². The molecule has 7 N–H and O–H groups in total. The molecule has 4 amide bonds. The third-order valence-corrected chi connectivity index (χ3v) is 10.8. The number of hydrogen-bond donors (Lipinski definition) is 6. The maximum absolute atomic E-state index is 13.7. The van der Waals surface area contributed by atoms with Gasteiger partial charge in [-0.1, -0.05) is 75.6 Å². The summed E-state index contributed by atoms with van der Waals surface area (Å²) < 4.78 is 0. The summed E-state index contributed by atoms with van der Waals surface area (Å²) in [5, 5.41) is 24.6. The topological polar surface area (TPSA) is 259 Å². The minimum atomic E-state index is -1.24. The number of carbonyl (C=O) groups excluding carboxylic acids is 8. The Bertz CT molecular complexity index is 1990. The molecular formula is C45H61BN6O10. The molecule has 0 aliphatic rings. The molecule has 16 nitrogen and oxygen atoms in total. The van der Waals surface area contributed by atoms with Gasteiger partial charge in [0, 0.05) is 68.9 Å². The van der Waals surface area contributed by atoms with Crippen molar-refractivity contribution < 1.29 is 48.5 Å². The highest BCUT2D eigenvalue weighted by molar-refractivity contribution is 6.48. The van der Waals surface area contributed by atoms with Crippen molar-refractivity contribution in [2.75, 3.05) is 13.7 Å². The lowest BCUT2D eigenvalue weighted by molar-refractivity contribution is -0.140. The summed E-state index contributed by atoms with van der Waals surface area (Å²) in [4.78, 5) is 112. The van der Waals surface area contributed by atoms with Gasteiger partial charge in [-0.3, -0.25) is 38.4 Å². The first-order chi connectivity index (χ1) is 29.4. The van der Waals surface area contributed by atoms with Crippen LogP contribution in [0, 0.1) is 11.8 Å². The number of aliphatic hydroxyl groups is 1. The molecule has 2 aromatic carbocycles. The number of amides is 4. The van der Waals surface area contributed by atoms with Gasteiger partial charge in [0.25, 0.3) is 6.92 Å². The molecule has 0 aliphatic carbocycles. The number of Topliss-reactive ketones (excluding diaryl/α,β-unsaturated/α-hetero) is 4. The summed E-state index contributed by atoms with van der Waals surface area (Å²) in [6.07, 6.45) is 4.45. The lowest BCUT2D eigenvalue weighted by atomic mass is 9.66. The van der Waals surface area contributed by atoms with Crippen LogP contribution < -0.4 is 16.4 Å². The van der Waals surface area contributed by atoms with Gasteiger partial charge in [-0.05, 0) is 42.8 Å². The van der Waals surface area contributed by atoms with Gasteiger partial charge in [0.2, 0.25) is 23.6 Å². The second-order valence-corrected chi connectivity index (χ2v) is 16.0. The Hall–Kier alpha value is -5.81. The summed E-state index contributed by atoms with van der Waals surface area (Å²) in [7, 11) is 1.40. The summed E-state index contributed by atoms with van der Waals surface area (Å²) in [5.41, 5.74) is 9.39. The number of primary amides is 1. The summed E-state index contributed by atoms with van der Waals surface area (Å²) in [6.45, 7) is 5.14. The highest BCUT2D eigenvalue weighted by Crippen LogP contribution is 2.23. The summed E-state index contributed by atoms with van der Waals surface area (Å²) in [6, 6.07) is 11.9. The first kappa shape index (κ1) is 50.6. The van der Waals surface area contributed by atoms with E-state index in [2.05, 4.69) is 39.7 Å². The molecule has 1 aromatic heterocycles. The van der Waals surface area contributed by atoms with Crippen molar-refractivity contribution >= 4 is 53.7 Å². The minimum Gasteiger partial charge on any atom is -0.451 e. The molecule has 334 valence electrons. The number of H-pyrrole nitrogens is 1. The molecule has 0 fully saturated rings. The van der Waals surface area contributed by atoms with E-state index < -0.39 is 90.9 Å². The van der Waals surface area contributed by atoms with Crippen molar-refractivity contribution in [3.05, 3.63) is 77.9 Å². The number of nitrogens with one attached hydrogen (secondary N) is 3. The molecular weight excluding hydrogens is 795 g/mol. The zero-order valence-electron chi connectivity index (χ0n) is 36.4. The minimum absolute atomic E-state index is 0.0103. The van der Waals surface area contributed by atoms with Gasteiger partial charge in [0.05, 0.1) is 43.4 Å². The summed E-state index contributed by atoms with van der Waals surface area (Å²) in [5.74, 6) is -6.71. The normalized spacial score (nSPS) is 13.5. The van der Waals surface area contributed by atoms with Gasteiger partial charge in [-0.15, -0.1) is 0 Å². The molecule has 0 radical (unpaired) electrons. The van der Waals surface area contributed by atoms with Crippen LogP contribution in [0.1, 0.15) is 93.8 Å². The van der Waals surface area contributed by atoms with E-state index in [0.717, 1.165) is 30.4 Å². The van der Waals surface area contributed by atoms with E-state index >= 15 is 0 Å². The molecule has 3 aromatic rings. The lowest BCUT2D eigenvalue weighted by Gasteiger charge is -2.28. The van der Waals surface area contributed by atoms with Crippen LogP contribution >= 0.6 is 0 Å². The number of imidazole rings is 1. The highest BCUT2D eigenvalue weighted by atomic mass is 16.3.